The van der Waals surface area contributed by atoms with Gasteiger partial charge in [0.25, 0.3) is 0 Å². The van der Waals surface area contributed by atoms with E-state index in [1.807, 2.05) is 31.4 Å². The monoisotopic (exact) mass is 393 g/mol. The summed E-state index contributed by atoms with van der Waals surface area (Å²) >= 11 is 0. The molecule has 0 radical (unpaired) electrons. The number of anilines is 1. The van der Waals surface area contributed by atoms with Crippen molar-refractivity contribution in [1.82, 2.24) is 19.8 Å². The van der Waals surface area contributed by atoms with E-state index in [2.05, 4.69) is 44.0 Å². The highest BCUT2D eigenvalue weighted by molar-refractivity contribution is 5.33. The van der Waals surface area contributed by atoms with Gasteiger partial charge >= 0.3 is 0 Å². The van der Waals surface area contributed by atoms with E-state index in [0.717, 1.165) is 30.7 Å². The third-order valence-electron chi connectivity index (χ3n) is 7.12. The van der Waals surface area contributed by atoms with E-state index in [4.69, 9.17) is 4.74 Å². The van der Waals surface area contributed by atoms with Crippen molar-refractivity contribution >= 4 is 5.95 Å². The van der Waals surface area contributed by atoms with Crippen LogP contribution in [-0.4, -0.2) is 72.7 Å². The lowest BCUT2D eigenvalue weighted by Gasteiger charge is -2.51. The van der Waals surface area contributed by atoms with Crippen LogP contribution < -0.4 is 9.64 Å². The van der Waals surface area contributed by atoms with Gasteiger partial charge < -0.3 is 9.64 Å². The van der Waals surface area contributed by atoms with Crippen molar-refractivity contribution in [3.8, 4) is 5.75 Å². The highest BCUT2D eigenvalue weighted by atomic mass is 16.5. The lowest BCUT2D eigenvalue weighted by atomic mass is 9.75. The van der Waals surface area contributed by atoms with Crippen LogP contribution in [0.4, 0.5) is 5.95 Å². The summed E-state index contributed by atoms with van der Waals surface area (Å²) in [7, 11) is 5.69. The van der Waals surface area contributed by atoms with Crippen molar-refractivity contribution in [2.75, 3.05) is 45.7 Å². The van der Waals surface area contributed by atoms with Crippen LogP contribution in [0.5, 0.6) is 5.75 Å². The van der Waals surface area contributed by atoms with Gasteiger partial charge in [-0.25, -0.2) is 9.97 Å². The zero-order chi connectivity index (χ0) is 20.0. The average Bonchev–Trinajstić information content (AvgIpc) is 3.16. The molecule has 4 fully saturated rings. The molecule has 0 spiro atoms. The molecule has 0 unspecified atom stereocenters. The Hall–Kier alpha value is -2.18. The van der Waals surface area contributed by atoms with Gasteiger partial charge in [-0.05, 0) is 49.5 Å². The molecule has 4 aliphatic rings. The quantitative estimate of drug-likeness (QED) is 0.778. The summed E-state index contributed by atoms with van der Waals surface area (Å²) in [5.74, 6) is 3.07. The van der Waals surface area contributed by atoms with E-state index in [1.54, 1.807) is 7.11 Å². The first-order valence-electron chi connectivity index (χ1n) is 10.7. The normalized spacial score (nSPS) is 30.9. The van der Waals surface area contributed by atoms with Crippen LogP contribution in [0.25, 0.3) is 0 Å². The molecule has 5 heterocycles. The van der Waals surface area contributed by atoms with E-state index in [-0.39, 0.29) is 0 Å². The van der Waals surface area contributed by atoms with Crippen molar-refractivity contribution in [3.63, 3.8) is 0 Å². The van der Waals surface area contributed by atoms with Crippen LogP contribution in [0.2, 0.25) is 0 Å². The number of likely N-dealkylation sites (tertiary alicyclic amines) is 1. The molecule has 3 atom stereocenters. The molecule has 0 aliphatic carbocycles. The second kappa shape index (κ2) is 7.58. The van der Waals surface area contributed by atoms with Crippen molar-refractivity contribution in [1.29, 1.82) is 0 Å². The molecule has 4 saturated heterocycles. The first kappa shape index (κ1) is 18.8. The number of piperidine rings is 3. The second-order valence-corrected chi connectivity index (χ2v) is 8.95. The maximum atomic E-state index is 5.38. The summed E-state index contributed by atoms with van der Waals surface area (Å²) in [5.41, 5.74) is 2.65. The average molecular weight is 394 g/mol. The van der Waals surface area contributed by atoms with Gasteiger partial charge in [0.05, 0.1) is 7.11 Å². The van der Waals surface area contributed by atoms with E-state index < -0.39 is 0 Å². The Labute approximate surface area is 173 Å². The van der Waals surface area contributed by atoms with Crippen LogP contribution in [0, 0.1) is 5.92 Å². The minimum absolute atomic E-state index is 0.552. The molecule has 1 aromatic heterocycles. The minimum atomic E-state index is 0.552. The Bertz CT molecular complexity index is 829. The zero-order valence-electron chi connectivity index (χ0n) is 17.7. The first-order valence-corrected chi connectivity index (χ1v) is 10.7. The smallest absolute Gasteiger partial charge is 0.224 e. The van der Waals surface area contributed by atoms with Gasteiger partial charge in [-0.2, -0.15) is 0 Å². The zero-order valence-corrected chi connectivity index (χ0v) is 17.7. The lowest BCUT2D eigenvalue weighted by Crippen LogP contribution is -2.59. The number of hydrogen-bond donors (Lipinski definition) is 0. The van der Waals surface area contributed by atoms with Gasteiger partial charge in [-0.3, -0.25) is 9.80 Å². The minimum Gasteiger partial charge on any atom is -0.497 e. The number of benzene rings is 1. The van der Waals surface area contributed by atoms with Gasteiger partial charge in [0.2, 0.25) is 5.95 Å². The Morgan fingerprint density at radius 1 is 1.03 bits per heavy atom. The number of fused-ring (bicyclic) bond motifs is 2. The number of hydrogen-bond acceptors (Lipinski definition) is 6. The summed E-state index contributed by atoms with van der Waals surface area (Å²) in [6, 6.07) is 10.0. The van der Waals surface area contributed by atoms with Gasteiger partial charge in [0.1, 0.15) is 5.75 Å². The molecule has 6 nitrogen and oxygen atoms in total. The highest BCUT2D eigenvalue weighted by Gasteiger charge is 2.53. The summed E-state index contributed by atoms with van der Waals surface area (Å²) in [6.07, 6.45) is 6.67. The highest BCUT2D eigenvalue weighted by Crippen LogP contribution is 2.47. The SMILES string of the molecule is COc1ccc([C@H]2CN(Cc3cnc(N(C)C)nc3)[C@H]3C4CCN(CC4)[C@@H]23)cc1. The lowest BCUT2D eigenvalue weighted by molar-refractivity contribution is -0.00873. The Balaban J connectivity index is 1.41. The topological polar surface area (TPSA) is 44.7 Å². The third kappa shape index (κ3) is 3.38. The maximum absolute atomic E-state index is 5.38. The number of ether oxygens (including phenoxy) is 1. The fourth-order valence-corrected chi connectivity index (χ4v) is 5.76. The van der Waals surface area contributed by atoms with Crippen LogP contribution in [0.15, 0.2) is 36.7 Å². The molecule has 0 N–H and O–H groups in total. The molecule has 0 amide bonds. The molecular weight excluding hydrogens is 362 g/mol. The molecule has 1 aromatic carbocycles. The van der Waals surface area contributed by atoms with Gasteiger partial charge in [0, 0.05) is 63.1 Å². The molecule has 2 aromatic rings. The molecule has 6 rings (SSSR count). The summed E-state index contributed by atoms with van der Waals surface area (Å²) in [6.45, 7) is 4.55. The van der Waals surface area contributed by atoms with Gasteiger partial charge in [-0.15, -0.1) is 0 Å². The van der Waals surface area contributed by atoms with E-state index in [1.165, 1.54) is 37.1 Å². The fourth-order valence-electron chi connectivity index (χ4n) is 5.76. The van der Waals surface area contributed by atoms with Gasteiger partial charge in [-0.1, -0.05) is 12.1 Å². The summed E-state index contributed by atoms with van der Waals surface area (Å²) in [5, 5.41) is 0. The standard InChI is InChI=1S/C23H31N5O/c1-26(2)23-24-12-16(13-25-23)14-28-15-20(17-4-6-19(29-3)7-5-17)22-21(28)18-8-10-27(22)11-9-18/h4-7,12-13,18,20-22H,8-11,14-15H2,1-3H3/t20-,21+,22+/m1/s1. The summed E-state index contributed by atoms with van der Waals surface area (Å²) < 4.78 is 5.38. The largest absolute Gasteiger partial charge is 0.497 e. The second-order valence-electron chi connectivity index (χ2n) is 8.95. The molecule has 6 heteroatoms. The summed E-state index contributed by atoms with van der Waals surface area (Å²) in [4.78, 5) is 16.5. The Morgan fingerprint density at radius 2 is 1.72 bits per heavy atom. The molecule has 154 valence electrons. The maximum Gasteiger partial charge on any atom is 0.224 e. The van der Waals surface area contributed by atoms with Gasteiger partial charge in [0.15, 0.2) is 0 Å². The Morgan fingerprint density at radius 3 is 2.34 bits per heavy atom. The van der Waals surface area contributed by atoms with Crippen molar-refractivity contribution in [3.05, 3.63) is 47.8 Å². The van der Waals surface area contributed by atoms with Crippen molar-refractivity contribution in [2.24, 2.45) is 5.92 Å². The molecule has 0 saturated carbocycles. The van der Waals surface area contributed by atoms with Crippen LogP contribution in [0.1, 0.15) is 29.9 Å². The fraction of sp³-hybridized carbons (Fsp3) is 0.565. The van der Waals surface area contributed by atoms with Crippen LogP contribution in [-0.2, 0) is 6.54 Å². The molecule has 29 heavy (non-hydrogen) atoms. The molecule has 4 aliphatic heterocycles. The predicted molar refractivity (Wildman–Crippen MR) is 114 cm³/mol. The molecular formula is C23H31N5O. The molecule has 2 bridgehead atoms. The van der Waals surface area contributed by atoms with Crippen molar-refractivity contribution in [2.45, 2.75) is 37.4 Å². The van der Waals surface area contributed by atoms with E-state index in [9.17, 15) is 0 Å². The number of rotatable bonds is 5. The van der Waals surface area contributed by atoms with E-state index >= 15 is 0 Å². The number of methoxy groups -OCH3 is 1. The number of aromatic nitrogens is 2. The van der Waals surface area contributed by atoms with Crippen LogP contribution >= 0.6 is 0 Å². The van der Waals surface area contributed by atoms with Crippen molar-refractivity contribution < 1.29 is 4.74 Å². The van der Waals surface area contributed by atoms with E-state index in [0.29, 0.717) is 18.0 Å². The predicted octanol–water partition coefficient (Wildman–Crippen LogP) is 2.61. The Kier molecular flexibility index (Phi) is 4.92. The third-order valence-corrected chi connectivity index (χ3v) is 7.12. The van der Waals surface area contributed by atoms with Crippen LogP contribution in [0.3, 0.4) is 0 Å². The first-order chi connectivity index (χ1) is 14.1. The number of nitrogens with zero attached hydrogens (tertiary/aromatic N) is 5.